The maximum atomic E-state index is 6.13. The standard InChI is InChI=1S/C28H37N3O2/c1-32-27-10-4-7-25-16-24(21-33-28(25)27)20-30(19-23-6-5-13-29-17-23)18-22-11-14-31(15-12-22)26-8-2-3-9-26/h4-7,10,13,16-17,22,26H,2-3,8-9,11-12,14-15,18-21H2,1H3. The molecule has 2 aliphatic heterocycles. The lowest BCUT2D eigenvalue weighted by Gasteiger charge is -2.38. The molecule has 0 unspecified atom stereocenters. The van der Waals surface area contributed by atoms with E-state index < -0.39 is 0 Å². The van der Waals surface area contributed by atoms with E-state index in [1.165, 1.54) is 62.8 Å². The fraction of sp³-hybridized carbons (Fsp3) is 0.536. The average molecular weight is 448 g/mol. The molecular weight excluding hydrogens is 410 g/mol. The minimum absolute atomic E-state index is 0.622. The number of likely N-dealkylation sites (tertiary alicyclic amines) is 1. The van der Waals surface area contributed by atoms with Gasteiger partial charge < -0.3 is 14.4 Å². The Morgan fingerprint density at radius 1 is 1.06 bits per heavy atom. The number of pyridine rings is 1. The van der Waals surface area contributed by atoms with Crippen molar-refractivity contribution < 1.29 is 9.47 Å². The van der Waals surface area contributed by atoms with Gasteiger partial charge in [-0.05, 0) is 74.0 Å². The first-order chi connectivity index (χ1) is 16.3. The third-order valence-electron chi connectivity index (χ3n) is 7.55. The van der Waals surface area contributed by atoms with Crippen molar-refractivity contribution in [2.45, 2.75) is 51.1 Å². The lowest BCUT2D eigenvalue weighted by Crippen LogP contribution is -2.43. The van der Waals surface area contributed by atoms with E-state index in [2.05, 4.69) is 33.0 Å². The molecule has 1 aromatic heterocycles. The molecule has 0 N–H and O–H groups in total. The maximum Gasteiger partial charge on any atom is 0.168 e. The molecular formula is C28H37N3O2. The molecule has 5 rings (SSSR count). The molecule has 0 bridgehead atoms. The average Bonchev–Trinajstić information content (AvgIpc) is 3.40. The summed E-state index contributed by atoms with van der Waals surface area (Å²) < 4.78 is 11.6. The molecule has 1 saturated heterocycles. The van der Waals surface area contributed by atoms with Crippen LogP contribution in [0.5, 0.6) is 11.5 Å². The monoisotopic (exact) mass is 447 g/mol. The van der Waals surface area contributed by atoms with E-state index in [0.717, 1.165) is 48.7 Å². The van der Waals surface area contributed by atoms with Gasteiger partial charge in [-0.2, -0.15) is 0 Å². The Labute approximate surface area is 198 Å². The number of nitrogens with zero attached hydrogens (tertiary/aromatic N) is 3. The van der Waals surface area contributed by atoms with Crippen LogP contribution >= 0.6 is 0 Å². The van der Waals surface area contributed by atoms with Gasteiger partial charge in [0, 0.05) is 43.6 Å². The molecule has 0 amide bonds. The number of hydrogen-bond donors (Lipinski definition) is 0. The summed E-state index contributed by atoms with van der Waals surface area (Å²) in [7, 11) is 1.70. The highest BCUT2D eigenvalue weighted by molar-refractivity contribution is 5.66. The van der Waals surface area contributed by atoms with Crippen LogP contribution in [0.3, 0.4) is 0 Å². The summed E-state index contributed by atoms with van der Waals surface area (Å²) >= 11 is 0. The molecule has 0 radical (unpaired) electrons. The predicted octanol–water partition coefficient (Wildman–Crippen LogP) is 5.02. The number of benzene rings is 1. The second-order valence-corrected chi connectivity index (χ2v) is 9.92. The zero-order valence-corrected chi connectivity index (χ0v) is 19.9. The molecule has 0 atom stereocenters. The van der Waals surface area contributed by atoms with Gasteiger partial charge >= 0.3 is 0 Å². The van der Waals surface area contributed by atoms with Gasteiger partial charge in [-0.1, -0.05) is 31.0 Å². The van der Waals surface area contributed by atoms with E-state index >= 15 is 0 Å². The Morgan fingerprint density at radius 2 is 1.91 bits per heavy atom. The molecule has 5 nitrogen and oxygen atoms in total. The van der Waals surface area contributed by atoms with Crippen LogP contribution in [0.1, 0.15) is 49.7 Å². The topological polar surface area (TPSA) is 37.8 Å². The number of fused-ring (bicyclic) bond motifs is 1. The Kier molecular flexibility index (Phi) is 7.27. The fourth-order valence-corrected chi connectivity index (χ4v) is 5.84. The van der Waals surface area contributed by atoms with Crippen molar-refractivity contribution in [2.75, 3.05) is 39.9 Å². The molecule has 176 valence electrons. The minimum atomic E-state index is 0.622. The van der Waals surface area contributed by atoms with Gasteiger partial charge in [0.15, 0.2) is 11.5 Å². The van der Waals surface area contributed by atoms with Crippen molar-refractivity contribution in [2.24, 2.45) is 5.92 Å². The molecule has 1 aromatic carbocycles. The summed E-state index contributed by atoms with van der Waals surface area (Å²) in [5.41, 5.74) is 3.71. The summed E-state index contributed by atoms with van der Waals surface area (Å²) in [5, 5.41) is 0. The second-order valence-electron chi connectivity index (χ2n) is 9.92. The zero-order valence-electron chi connectivity index (χ0n) is 19.9. The van der Waals surface area contributed by atoms with Gasteiger partial charge in [-0.15, -0.1) is 0 Å². The Morgan fingerprint density at radius 3 is 2.67 bits per heavy atom. The highest BCUT2D eigenvalue weighted by atomic mass is 16.5. The molecule has 33 heavy (non-hydrogen) atoms. The summed E-state index contributed by atoms with van der Waals surface area (Å²) in [6, 6.07) is 11.2. The van der Waals surface area contributed by atoms with E-state index in [4.69, 9.17) is 9.47 Å². The number of hydrogen-bond acceptors (Lipinski definition) is 5. The van der Waals surface area contributed by atoms with Crippen LogP contribution in [-0.4, -0.2) is 60.7 Å². The van der Waals surface area contributed by atoms with E-state index in [1.54, 1.807) is 7.11 Å². The van der Waals surface area contributed by atoms with Crippen molar-refractivity contribution in [3.05, 3.63) is 59.4 Å². The summed E-state index contributed by atoms with van der Waals surface area (Å²) in [6.07, 6.45) is 14.5. The number of methoxy groups -OCH3 is 1. The molecule has 3 aliphatic rings. The van der Waals surface area contributed by atoms with Crippen LogP contribution in [0.15, 0.2) is 48.3 Å². The molecule has 2 aromatic rings. The maximum absolute atomic E-state index is 6.13. The SMILES string of the molecule is COc1cccc2c1OCC(CN(Cc1cccnc1)CC1CCN(C3CCCC3)CC1)=C2. The predicted molar refractivity (Wildman–Crippen MR) is 133 cm³/mol. The Bertz CT molecular complexity index is 931. The molecule has 2 fully saturated rings. The zero-order chi connectivity index (χ0) is 22.5. The molecule has 5 heteroatoms. The number of ether oxygens (including phenoxy) is 2. The van der Waals surface area contributed by atoms with Crippen molar-refractivity contribution in [1.82, 2.24) is 14.8 Å². The third kappa shape index (κ3) is 5.59. The van der Waals surface area contributed by atoms with Crippen molar-refractivity contribution in [1.29, 1.82) is 0 Å². The van der Waals surface area contributed by atoms with Gasteiger partial charge in [0.05, 0.1) is 7.11 Å². The van der Waals surface area contributed by atoms with Gasteiger partial charge in [0.1, 0.15) is 6.61 Å². The number of piperidine rings is 1. The van der Waals surface area contributed by atoms with Crippen LogP contribution in [0.25, 0.3) is 6.08 Å². The van der Waals surface area contributed by atoms with Crippen LogP contribution in [0.4, 0.5) is 0 Å². The summed E-state index contributed by atoms with van der Waals surface area (Å²) in [6.45, 7) is 6.16. The van der Waals surface area contributed by atoms with Gasteiger partial charge in [0.2, 0.25) is 0 Å². The first kappa shape index (κ1) is 22.4. The highest BCUT2D eigenvalue weighted by Crippen LogP contribution is 2.36. The first-order valence-corrected chi connectivity index (χ1v) is 12.6. The van der Waals surface area contributed by atoms with Gasteiger partial charge in [0.25, 0.3) is 0 Å². The smallest absolute Gasteiger partial charge is 0.168 e. The Balaban J connectivity index is 1.25. The van der Waals surface area contributed by atoms with Gasteiger partial charge in [-0.3, -0.25) is 9.88 Å². The lowest BCUT2D eigenvalue weighted by atomic mass is 9.94. The number of para-hydroxylation sites is 1. The van der Waals surface area contributed by atoms with Crippen LogP contribution in [-0.2, 0) is 6.54 Å². The highest BCUT2D eigenvalue weighted by Gasteiger charge is 2.28. The molecule has 3 heterocycles. The van der Waals surface area contributed by atoms with Crippen molar-refractivity contribution in [3.8, 4) is 11.5 Å². The second kappa shape index (κ2) is 10.7. The quantitative estimate of drug-likeness (QED) is 0.568. The first-order valence-electron chi connectivity index (χ1n) is 12.6. The van der Waals surface area contributed by atoms with E-state index in [9.17, 15) is 0 Å². The fourth-order valence-electron chi connectivity index (χ4n) is 5.84. The number of rotatable bonds is 8. The largest absolute Gasteiger partial charge is 0.493 e. The van der Waals surface area contributed by atoms with E-state index in [-0.39, 0.29) is 0 Å². The minimum Gasteiger partial charge on any atom is -0.493 e. The van der Waals surface area contributed by atoms with Crippen LogP contribution in [0, 0.1) is 5.92 Å². The Hall–Kier alpha value is -2.37. The normalized spacial score (nSPS) is 19.9. The van der Waals surface area contributed by atoms with E-state index in [1.807, 2.05) is 30.6 Å². The van der Waals surface area contributed by atoms with Crippen LogP contribution < -0.4 is 9.47 Å². The summed E-state index contributed by atoms with van der Waals surface area (Å²) in [4.78, 5) is 9.73. The van der Waals surface area contributed by atoms with Crippen molar-refractivity contribution >= 4 is 6.08 Å². The van der Waals surface area contributed by atoms with Crippen molar-refractivity contribution in [3.63, 3.8) is 0 Å². The molecule has 0 spiro atoms. The van der Waals surface area contributed by atoms with E-state index in [0.29, 0.717) is 6.61 Å². The summed E-state index contributed by atoms with van der Waals surface area (Å²) in [5.74, 6) is 2.43. The molecule has 1 aliphatic carbocycles. The van der Waals surface area contributed by atoms with Gasteiger partial charge in [-0.25, -0.2) is 0 Å². The van der Waals surface area contributed by atoms with Crippen LogP contribution in [0.2, 0.25) is 0 Å². The molecule has 1 saturated carbocycles. The third-order valence-corrected chi connectivity index (χ3v) is 7.55. The number of aromatic nitrogens is 1. The lowest BCUT2D eigenvalue weighted by molar-refractivity contribution is 0.111.